The van der Waals surface area contributed by atoms with E-state index in [9.17, 15) is 4.79 Å². The summed E-state index contributed by atoms with van der Waals surface area (Å²) in [6.07, 6.45) is 6.82. The molecule has 2 aliphatic carbocycles. The quantitative estimate of drug-likeness (QED) is 0.861. The highest BCUT2D eigenvalue weighted by atomic mass is 16.5. The van der Waals surface area contributed by atoms with Crippen LogP contribution in [-0.2, 0) is 9.53 Å². The summed E-state index contributed by atoms with van der Waals surface area (Å²) < 4.78 is 6.04. The van der Waals surface area contributed by atoms with Gasteiger partial charge in [-0.05, 0) is 54.8 Å². The number of amides is 1. The zero-order chi connectivity index (χ0) is 15.3. The van der Waals surface area contributed by atoms with Gasteiger partial charge in [-0.25, -0.2) is 0 Å². The van der Waals surface area contributed by atoms with Gasteiger partial charge in [0.25, 0.3) is 0 Å². The molecule has 3 nitrogen and oxygen atoms in total. The fourth-order valence-corrected chi connectivity index (χ4v) is 5.77. The SMILES string of the molecule is CCCC(=O)N[C@@H]1C(C)(C)[C@@H]2C[C@@H]3[C@@H](CC)OCCC31C2. The van der Waals surface area contributed by atoms with Gasteiger partial charge in [-0.3, -0.25) is 4.79 Å². The van der Waals surface area contributed by atoms with Crippen molar-refractivity contribution in [1.82, 2.24) is 5.32 Å². The van der Waals surface area contributed by atoms with Crippen molar-refractivity contribution in [1.29, 1.82) is 0 Å². The Hall–Kier alpha value is -0.570. The molecule has 1 heterocycles. The van der Waals surface area contributed by atoms with E-state index in [1.807, 2.05) is 0 Å². The lowest BCUT2D eigenvalue weighted by Gasteiger charge is -2.53. The van der Waals surface area contributed by atoms with Crippen LogP contribution < -0.4 is 5.32 Å². The molecule has 120 valence electrons. The molecule has 1 amide bonds. The summed E-state index contributed by atoms with van der Waals surface area (Å²) >= 11 is 0. The van der Waals surface area contributed by atoms with Gasteiger partial charge in [0.05, 0.1) is 6.10 Å². The van der Waals surface area contributed by atoms with E-state index in [1.165, 1.54) is 12.8 Å². The fraction of sp³-hybridized carbons (Fsp3) is 0.944. The van der Waals surface area contributed by atoms with Crippen LogP contribution in [0, 0.1) is 22.7 Å². The minimum absolute atomic E-state index is 0.232. The average molecular weight is 293 g/mol. The predicted octanol–water partition coefficient (Wildman–Crippen LogP) is 3.52. The van der Waals surface area contributed by atoms with Crippen molar-refractivity contribution in [3.63, 3.8) is 0 Å². The van der Waals surface area contributed by atoms with Gasteiger partial charge < -0.3 is 10.1 Å². The molecular weight excluding hydrogens is 262 g/mol. The molecule has 1 saturated heterocycles. The highest BCUT2D eigenvalue weighted by molar-refractivity contribution is 5.76. The first-order valence-electron chi connectivity index (χ1n) is 8.86. The molecule has 2 bridgehead atoms. The zero-order valence-corrected chi connectivity index (χ0v) is 14.1. The van der Waals surface area contributed by atoms with E-state index in [1.54, 1.807) is 0 Å². The third-order valence-electron chi connectivity index (χ3n) is 6.81. The van der Waals surface area contributed by atoms with Gasteiger partial charge in [-0.15, -0.1) is 0 Å². The highest BCUT2D eigenvalue weighted by Crippen LogP contribution is 2.68. The van der Waals surface area contributed by atoms with Gasteiger partial charge in [0, 0.05) is 19.1 Å². The molecule has 0 aromatic rings. The lowest BCUT2D eigenvalue weighted by atomic mass is 9.59. The summed E-state index contributed by atoms with van der Waals surface area (Å²) in [6, 6.07) is 0.339. The second kappa shape index (κ2) is 5.26. The van der Waals surface area contributed by atoms with Crippen molar-refractivity contribution < 1.29 is 9.53 Å². The number of carbonyl (C=O) groups is 1. The Bertz CT molecular complexity index is 419. The van der Waals surface area contributed by atoms with Crippen LogP contribution in [-0.4, -0.2) is 24.7 Å². The van der Waals surface area contributed by atoms with Gasteiger partial charge in [0.15, 0.2) is 0 Å². The molecule has 0 radical (unpaired) electrons. The summed E-state index contributed by atoms with van der Waals surface area (Å²) in [5.74, 6) is 1.64. The van der Waals surface area contributed by atoms with Crippen molar-refractivity contribution in [2.75, 3.05) is 6.61 Å². The molecule has 2 saturated carbocycles. The Morgan fingerprint density at radius 2 is 2.10 bits per heavy atom. The largest absolute Gasteiger partial charge is 0.378 e. The lowest BCUT2D eigenvalue weighted by molar-refractivity contribution is -0.136. The summed E-state index contributed by atoms with van der Waals surface area (Å²) in [5.41, 5.74) is 0.534. The number of fused-ring (bicyclic) bond motifs is 1. The number of hydrogen-bond acceptors (Lipinski definition) is 2. The van der Waals surface area contributed by atoms with Crippen molar-refractivity contribution in [3.8, 4) is 0 Å². The smallest absolute Gasteiger partial charge is 0.220 e. The van der Waals surface area contributed by atoms with Crippen LogP contribution in [0.25, 0.3) is 0 Å². The van der Waals surface area contributed by atoms with Crippen LogP contribution in [0.4, 0.5) is 0 Å². The maximum Gasteiger partial charge on any atom is 0.220 e. The third kappa shape index (κ3) is 2.15. The van der Waals surface area contributed by atoms with E-state index in [4.69, 9.17) is 4.74 Å². The zero-order valence-electron chi connectivity index (χ0n) is 14.1. The van der Waals surface area contributed by atoms with Crippen LogP contribution in [0.15, 0.2) is 0 Å². The molecule has 3 fully saturated rings. The number of nitrogens with one attached hydrogen (secondary N) is 1. The Balaban J connectivity index is 1.88. The van der Waals surface area contributed by atoms with Crippen LogP contribution in [0.3, 0.4) is 0 Å². The monoisotopic (exact) mass is 293 g/mol. The Morgan fingerprint density at radius 3 is 2.76 bits per heavy atom. The van der Waals surface area contributed by atoms with Crippen LogP contribution in [0.5, 0.6) is 0 Å². The van der Waals surface area contributed by atoms with Gasteiger partial charge in [-0.2, -0.15) is 0 Å². The maximum atomic E-state index is 12.2. The molecule has 3 rings (SSSR count). The van der Waals surface area contributed by atoms with E-state index in [-0.39, 0.29) is 11.3 Å². The lowest BCUT2D eigenvalue weighted by Crippen LogP contribution is -2.60. The second-order valence-corrected chi connectivity index (χ2v) is 8.12. The minimum Gasteiger partial charge on any atom is -0.378 e. The number of hydrogen-bond donors (Lipinski definition) is 1. The van der Waals surface area contributed by atoms with Crippen LogP contribution in [0.2, 0.25) is 0 Å². The first-order chi connectivity index (χ1) is 9.95. The van der Waals surface area contributed by atoms with Crippen molar-refractivity contribution in [3.05, 3.63) is 0 Å². The average Bonchev–Trinajstić information content (AvgIpc) is 2.92. The number of ether oxygens (including phenoxy) is 1. The Kier molecular flexibility index (Phi) is 3.84. The van der Waals surface area contributed by atoms with Gasteiger partial charge in [-0.1, -0.05) is 27.7 Å². The Morgan fingerprint density at radius 1 is 1.33 bits per heavy atom. The topological polar surface area (TPSA) is 38.3 Å². The number of carbonyl (C=O) groups excluding carboxylic acids is 1. The van der Waals surface area contributed by atoms with Crippen molar-refractivity contribution in [2.45, 2.75) is 78.4 Å². The standard InChI is InChI=1S/C18H31NO2/c1-5-7-15(20)19-16-17(3,4)12-10-13-14(6-2)21-9-8-18(13,16)11-12/h12-14,16H,5-11H2,1-4H3,(H,19,20)/t12-,13-,14-,16-,18?/m1/s1. The maximum absolute atomic E-state index is 12.2. The summed E-state index contributed by atoms with van der Waals surface area (Å²) in [7, 11) is 0. The molecule has 1 aliphatic heterocycles. The van der Waals surface area contributed by atoms with E-state index >= 15 is 0 Å². The van der Waals surface area contributed by atoms with Crippen molar-refractivity contribution >= 4 is 5.91 Å². The van der Waals surface area contributed by atoms with Gasteiger partial charge in [0.1, 0.15) is 0 Å². The van der Waals surface area contributed by atoms with Crippen LogP contribution in [0.1, 0.15) is 66.2 Å². The molecule has 3 heteroatoms. The molecular formula is C18H31NO2. The molecule has 3 aliphatic rings. The number of rotatable bonds is 4. The molecule has 21 heavy (non-hydrogen) atoms. The van der Waals surface area contributed by atoms with Gasteiger partial charge >= 0.3 is 0 Å². The summed E-state index contributed by atoms with van der Waals surface area (Å²) in [4.78, 5) is 12.2. The molecule has 0 aromatic heterocycles. The van der Waals surface area contributed by atoms with E-state index < -0.39 is 0 Å². The minimum atomic E-state index is 0.232. The molecule has 1 unspecified atom stereocenters. The highest BCUT2D eigenvalue weighted by Gasteiger charge is 2.68. The summed E-state index contributed by atoms with van der Waals surface area (Å²) in [5, 5.41) is 3.44. The predicted molar refractivity (Wildman–Crippen MR) is 83.9 cm³/mol. The third-order valence-corrected chi connectivity index (χ3v) is 6.81. The molecule has 5 atom stereocenters. The molecule has 1 N–H and O–H groups in total. The molecule has 0 aromatic carbocycles. The fourth-order valence-electron chi connectivity index (χ4n) is 5.77. The van der Waals surface area contributed by atoms with Crippen LogP contribution >= 0.6 is 0 Å². The van der Waals surface area contributed by atoms with E-state index in [2.05, 4.69) is 33.0 Å². The van der Waals surface area contributed by atoms with Gasteiger partial charge in [0.2, 0.25) is 5.91 Å². The van der Waals surface area contributed by atoms with Crippen molar-refractivity contribution in [2.24, 2.45) is 22.7 Å². The normalized spacial score (nSPS) is 43.6. The van der Waals surface area contributed by atoms with E-state index in [0.29, 0.717) is 29.9 Å². The second-order valence-electron chi connectivity index (χ2n) is 8.12. The molecule has 1 spiro atoms. The summed E-state index contributed by atoms with van der Waals surface area (Å²) in [6.45, 7) is 9.93. The Labute approximate surface area is 129 Å². The first kappa shape index (κ1) is 15.3. The first-order valence-corrected chi connectivity index (χ1v) is 8.86. The van der Waals surface area contributed by atoms with E-state index in [0.717, 1.165) is 31.8 Å².